The molecule has 1 amide bonds. The van der Waals surface area contributed by atoms with Gasteiger partial charge in [-0.1, -0.05) is 28.1 Å². The highest BCUT2D eigenvalue weighted by atomic mass is 79.9. The lowest BCUT2D eigenvalue weighted by atomic mass is 10.1. The third-order valence-corrected chi connectivity index (χ3v) is 3.64. The maximum atomic E-state index is 11.8. The monoisotopic (exact) mass is 347 g/mol. The Morgan fingerprint density at radius 2 is 2.10 bits per heavy atom. The van der Waals surface area contributed by atoms with E-state index in [0.29, 0.717) is 5.76 Å². The molecule has 1 aromatic carbocycles. The first-order valence-electron chi connectivity index (χ1n) is 6.90. The maximum absolute atomic E-state index is 11.8. The van der Waals surface area contributed by atoms with Crippen molar-refractivity contribution < 1.29 is 9.21 Å². The van der Waals surface area contributed by atoms with E-state index in [9.17, 15) is 4.79 Å². The van der Waals surface area contributed by atoms with Gasteiger partial charge in [0.25, 0.3) is 0 Å². The van der Waals surface area contributed by atoms with Gasteiger partial charge in [0.15, 0.2) is 0 Å². The van der Waals surface area contributed by atoms with Crippen molar-refractivity contribution >= 4 is 27.9 Å². The Morgan fingerprint density at radius 1 is 1.33 bits per heavy atom. The summed E-state index contributed by atoms with van der Waals surface area (Å²) in [5, 5.41) is 2.95. The fourth-order valence-electron chi connectivity index (χ4n) is 1.94. The molecule has 1 aromatic heterocycles. The molecular formula is C17H18BrNO2. The van der Waals surface area contributed by atoms with Gasteiger partial charge in [-0.05, 0) is 55.7 Å². The zero-order valence-corrected chi connectivity index (χ0v) is 13.5. The summed E-state index contributed by atoms with van der Waals surface area (Å²) >= 11 is 3.42. The van der Waals surface area contributed by atoms with E-state index in [1.54, 1.807) is 24.5 Å². The number of furan rings is 1. The lowest BCUT2D eigenvalue weighted by Gasteiger charge is -2.12. The van der Waals surface area contributed by atoms with E-state index in [4.69, 9.17) is 4.42 Å². The third-order valence-electron chi connectivity index (χ3n) is 3.11. The van der Waals surface area contributed by atoms with Crippen molar-refractivity contribution in [2.24, 2.45) is 0 Å². The first kappa shape index (κ1) is 15.6. The Labute approximate surface area is 133 Å². The van der Waals surface area contributed by atoms with Crippen LogP contribution in [-0.2, 0) is 11.2 Å². The molecule has 0 aliphatic heterocycles. The molecule has 110 valence electrons. The molecule has 1 atom stereocenters. The van der Waals surface area contributed by atoms with Crippen LogP contribution in [-0.4, -0.2) is 11.9 Å². The van der Waals surface area contributed by atoms with Crippen LogP contribution in [0, 0.1) is 0 Å². The standard InChI is InChI=1S/C17H18BrNO2/c1-13(4-5-14-6-8-15(18)9-7-14)19-17(20)11-10-16-3-2-12-21-16/h2-3,6-13H,4-5H2,1H3,(H,19,20)/b11-10+. The molecule has 1 unspecified atom stereocenters. The average molecular weight is 348 g/mol. The van der Waals surface area contributed by atoms with E-state index in [1.165, 1.54) is 11.6 Å². The van der Waals surface area contributed by atoms with Gasteiger partial charge >= 0.3 is 0 Å². The lowest BCUT2D eigenvalue weighted by molar-refractivity contribution is -0.117. The Morgan fingerprint density at radius 3 is 2.76 bits per heavy atom. The fraction of sp³-hybridized carbons (Fsp3) is 0.235. The normalized spacial score (nSPS) is 12.5. The van der Waals surface area contributed by atoms with Crippen LogP contribution in [0.4, 0.5) is 0 Å². The number of hydrogen-bond acceptors (Lipinski definition) is 2. The summed E-state index contributed by atoms with van der Waals surface area (Å²) in [7, 11) is 0. The summed E-state index contributed by atoms with van der Waals surface area (Å²) in [6.45, 7) is 2.01. The van der Waals surface area contributed by atoms with Crippen LogP contribution in [0.2, 0.25) is 0 Å². The molecule has 21 heavy (non-hydrogen) atoms. The van der Waals surface area contributed by atoms with Crippen molar-refractivity contribution in [1.82, 2.24) is 5.32 Å². The Hall–Kier alpha value is -1.81. The minimum absolute atomic E-state index is 0.102. The summed E-state index contributed by atoms with van der Waals surface area (Å²) < 4.78 is 6.21. The molecule has 4 heteroatoms. The second-order valence-electron chi connectivity index (χ2n) is 4.92. The highest BCUT2D eigenvalue weighted by molar-refractivity contribution is 9.10. The van der Waals surface area contributed by atoms with Crippen LogP contribution in [0.5, 0.6) is 0 Å². The Bertz CT molecular complexity index is 588. The SMILES string of the molecule is CC(CCc1ccc(Br)cc1)NC(=O)/C=C/c1ccco1. The fourth-order valence-corrected chi connectivity index (χ4v) is 2.21. The van der Waals surface area contributed by atoms with Crippen molar-refractivity contribution in [3.63, 3.8) is 0 Å². The molecule has 0 saturated carbocycles. The predicted octanol–water partition coefficient (Wildman–Crippen LogP) is 4.19. The van der Waals surface area contributed by atoms with Crippen molar-refractivity contribution in [2.45, 2.75) is 25.8 Å². The van der Waals surface area contributed by atoms with Gasteiger partial charge in [-0.2, -0.15) is 0 Å². The second-order valence-corrected chi connectivity index (χ2v) is 5.84. The molecule has 2 aromatic rings. The second kappa shape index (κ2) is 7.84. The zero-order valence-electron chi connectivity index (χ0n) is 11.9. The molecule has 0 bridgehead atoms. The van der Waals surface area contributed by atoms with Crippen LogP contribution < -0.4 is 5.32 Å². The molecule has 3 nitrogen and oxygen atoms in total. The number of halogens is 1. The Kier molecular flexibility index (Phi) is 5.81. The molecule has 0 aliphatic rings. The number of carbonyl (C=O) groups excluding carboxylic acids is 1. The maximum Gasteiger partial charge on any atom is 0.244 e. The molecular weight excluding hydrogens is 330 g/mol. The third kappa shape index (κ3) is 5.60. The van der Waals surface area contributed by atoms with Crippen LogP contribution in [0.15, 0.2) is 57.6 Å². The lowest BCUT2D eigenvalue weighted by Crippen LogP contribution is -2.31. The average Bonchev–Trinajstić information content (AvgIpc) is 2.98. The van der Waals surface area contributed by atoms with Crippen molar-refractivity contribution in [1.29, 1.82) is 0 Å². The van der Waals surface area contributed by atoms with Gasteiger partial charge in [0, 0.05) is 16.6 Å². The number of hydrogen-bond donors (Lipinski definition) is 1. The van der Waals surface area contributed by atoms with E-state index in [1.807, 2.05) is 19.1 Å². The summed E-state index contributed by atoms with van der Waals surface area (Å²) in [4.78, 5) is 11.8. The van der Waals surface area contributed by atoms with Gasteiger partial charge in [-0.15, -0.1) is 0 Å². The van der Waals surface area contributed by atoms with E-state index in [2.05, 4.69) is 33.4 Å². The van der Waals surface area contributed by atoms with Crippen molar-refractivity contribution in [2.75, 3.05) is 0 Å². The first-order valence-corrected chi connectivity index (χ1v) is 7.69. The molecule has 0 aliphatic carbocycles. The minimum Gasteiger partial charge on any atom is -0.465 e. The zero-order chi connectivity index (χ0) is 15.1. The quantitative estimate of drug-likeness (QED) is 0.796. The molecule has 2 rings (SSSR count). The predicted molar refractivity (Wildman–Crippen MR) is 87.8 cm³/mol. The van der Waals surface area contributed by atoms with E-state index in [0.717, 1.165) is 17.3 Å². The molecule has 1 N–H and O–H groups in total. The smallest absolute Gasteiger partial charge is 0.244 e. The molecule has 1 heterocycles. The van der Waals surface area contributed by atoms with Crippen molar-refractivity contribution in [3.05, 3.63) is 64.5 Å². The number of amides is 1. The summed E-state index contributed by atoms with van der Waals surface area (Å²) in [6, 6.07) is 12.0. The first-order chi connectivity index (χ1) is 10.1. The van der Waals surface area contributed by atoms with E-state index < -0.39 is 0 Å². The largest absolute Gasteiger partial charge is 0.465 e. The summed E-state index contributed by atoms with van der Waals surface area (Å²) in [6.07, 6.45) is 6.59. The highest BCUT2D eigenvalue weighted by Crippen LogP contribution is 2.12. The molecule has 0 fully saturated rings. The van der Waals surface area contributed by atoms with Crippen LogP contribution >= 0.6 is 15.9 Å². The Balaban J connectivity index is 1.74. The van der Waals surface area contributed by atoms with Gasteiger partial charge in [-0.3, -0.25) is 4.79 Å². The van der Waals surface area contributed by atoms with Gasteiger partial charge in [-0.25, -0.2) is 0 Å². The topological polar surface area (TPSA) is 42.2 Å². The number of benzene rings is 1. The summed E-state index contributed by atoms with van der Waals surface area (Å²) in [5.41, 5.74) is 1.27. The molecule has 0 radical (unpaired) electrons. The van der Waals surface area contributed by atoms with Crippen LogP contribution in [0.25, 0.3) is 6.08 Å². The van der Waals surface area contributed by atoms with E-state index >= 15 is 0 Å². The van der Waals surface area contributed by atoms with Crippen molar-refractivity contribution in [3.8, 4) is 0 Å². The molecule has 0 saturated heterocycles. The number of nitrogens with one attached hydrogen (secondary N) is 1. The van der Waals surface area contributed by atoms with Gasteiger partial charge in [0.05, 0.1) is 6.26 Å². The van der Waals surface area contributed by atoms with E-state index in [-0.39, 0.29) is 11.9 Å². The minimum atomic E-state index is -0.102. The number of aryl methyl sites for hydroxylation is 1. The number of rotatable bonds is 6. The highest BCUT2D eigenvalue weighted by Gasteiger charge is 2.05. The van der Waals surface area contributed by atoms with Crippen LogP contribution in [0.3, 0.4) is 0 Å². The van der Waals surface area contributed by atoms with Gasteiger partial charge < -0.3 is 9.73 Å². The molecule has 0 spiro atoms. The van der Waals surface area contributed by atoms with Gasteiger partial charge in [0.2, 0.25) is 5.91 Å². The summed E-state index contributed by atoms with van der Waals surface area (Å²) in [5.74, 6) is 0.572. The van der Waals surface area contributed by atoms with Gasteiger partial charge in [0.1, 0.15) is 5.76 Å². The van der Waals surface area contributed by atoms with Crippen LogP contribution in [0.1, 0.15) is 24.7 Å². The number of carbonyl (C=O) groups is 1.